The largest absolute Gasteiger partial charge is 0.305 e. The van der Waals surface area contributed by atoms with E-state index in [-0.39, 0.29) is 11.6 Å². The molecule has 122 valence electrons. The predicted octanol–water partition coefficient (Wildman–Crippen LogP) is 2.71. The topological polar surface area (TPSA) is 60.2 Å². The highest BCUT2D eigenvalue weighted by molar-refractivity contribution is 5.91. The number of carbonyl (C=O) groups excluding carboxylic acids is 1. The molecule has 3 aromatic rings. The van der Waals surface area contributed by atoms with Gasteiger partial charge in [-0.2, -0.15) is 4.39 Å². The summed E-state index contributed by atoms with van der Waals surface area (Å²) in [5, 5.41) is 1.09. The monoisotopic (exact) mass is 326 g/mol. The van der Waals surface area contributed by atoms with E-state index in [4.69, 9.17) is 4.84 Å². The van der Waals surface area contributed by atoms with E-state index in [1.165, 1.54) is 26.7 Å². The van der Waals surface area contributed by atoms with Crippen LogP contribution in [0.5, 0.6) is 0 Å². The van der Waals surface area contributed by atoms with Crippen LogP contribution in [-0.2, 0) is 4.84 Å². The quantitative estimate of drug-likeness (QED) is 0.546. The minimum Gasteiger partial charge on any atom is -0.305 e. The molecule has 6 nitrogen and oxygen atoms in total. The number of benzene rings is 1. The molecule has 1 amide bonds. The van der Waals surface area contributed by atoms with Gasteiger partial charge in [0.1, 0.15) is 12.0 Å². The molecule has 0 N–H and O–H groups in total. The van der Waals surface area contributed by atoms with E-state index in [0.29, 0.717) is 11.1 Å². The van der Waals surface area contributed by atoms with Gasteiger partial charge >= 0.3 is 0 Å². The van der Waals surface area contributed by atoms with Gasteiger partial charge in [-0.25, -0.2) is 15.0 Å². The van der Waals surface area contributed by atoms with Crippen molar-refractivity contribution in [2.45, 2.75) is 0 Å². The van der Waals surface area contributed by atoms with Crippen LogP contribution in [0.3, 0.4) is 0 Å². The molecule has 0 aliphatic rings. The van der Waals surface area contributed by atoms with Crippen molar-refractivity contribution < 1.29 is 14.0 Å². The van der Waals surface area contributed by atoms with Crippen molar-refractivity contribution in [2.75, 3.05) is 14.2 Å². The van der Waals surface area contributed by atoms with E-state index in [1.54, 1.807) is 41.1 Å². The number of halogens is 1. The summed E-state index contributed by atoms with van der Waals surface area (Å²) < 4.78 is 15.5. The zero-order valence-electron chi connectivity index (χ0n) is 13.2. The number of hydrogen-bond donors (Lipinski definition) is 0. The van der Waals surface area contributed by atoms with Crippen LogP contribution in [0.15, 0.2) is 55.1 Å². The number of rotatable bonds is 4. The average molecular weight is 326 g/mol. The highest BCUT2D eigenvalue weighted by Crippen LogP contribution is 2.23. The fourth-order valence-corrected chi connectivity index (χ4v) is 2.25. The molecule has 2 heterocycles. The number of pyridine rings is 1. The molecule has 2 aromatic heterocycles. The van der Waals surface area contributed by atoms with Gasteiger partial charge in [0.25, 0.3) is 5.91 Å². The van der Waals surface area contributed by atoms with Gasteiger partial charge in [-0.05, 0) is 29.8 Å². The molecule has 0 fully saturated rings. The highest BCUT2D eigenvalue weighted by Gasteiger charge is 2.15. The second-order valence-corrected chi connectivity index (χ2v) is 5.04. The van der Waals surface area contributed by atoms with Gasteiger partial charge in [-0.15, -0.1) is 0 Å². The van der Waals surface area contributed by atoms with Gasteiger partial charge in [0.2, 0.25) is 5.95 Å². The summed E-state index contributed by atoms with van der Waals surface area (Å²) >= 11 is 0. The zero-order valence-corrected chi connectivity index (χ0v) is 13.2. The van der Waals surface area contributed by atoms with Crippen LogP contribution in [0.4, 0.5) is 4.39 Å². The maximum absolute atomic E-state index is 13.9. The second kappa shape index (κ2) is 6.59. The van der Waals surface area contributed by atoms with Crippen molar-refractivity contribution in [1.82, 2.24) is 19.6 Å². The van der Waals surface area contributed by atoms with Crippen molar-refractivity contribution in [1.29, 1.82) is 0 Å². The van der Waals surface area contributed by atoms with E-state index >= 15 is 0 Å². The maximum atomic E-state index is 13.9. The molecule has 1 aromatic carbocycles. The lowest BCUT2D eigenvalue weighted by Crippen LogP contribution is -2.25. The molecule has 3 rings (SSSR count). The molecular formula is C17H15FN4O2. The maximum Gasteiger partial charge on any atom is 0.297 e. The Morgan fingerprint density at radius 3 is 2.83 bits per heavy atom. The molecule has 0 aliphatic heterocycles. The lowest BCUT2D eigenvalue weighted by Gasteiger charge is -2.11. The molecule has 24 heavy (non-hydrogen) atoms. The number of carbonyl (C=O) groups is 1. The SMILES string of the molecule is CON(C)C(=O)c1cn(-c2cccc(-c3cccnc3F)c2)cn1. The normalized spacial score (nSPS) is 10.6. The Balaban J connectivity index is 1.94. The minimum atomic E-state index is -0.530. The number of imidazole rings is 1. The van der Waals surface area contributed by atoms with Crippen LogP contribution in [0, 0.1) is 5.95 Å². The fourth-order valence-electron chi connectivity index (χ4n) is 2.25. The Labute approximate surface area is 138 Å². The van der Waals surface area contributed by atoms with E-state index < -0.39 is 5.95 Å². The first-order valence-corrected chi connectivity index (χ1v) is 7.17. The van der Waals surface area contributed by atoms with Crippen molar-refractivity contribution >= 4 is 5.91 Å². The van der Waals surface area contributed by atoms with Crippen molar-refractivity contribution in [2.24, 2.45) is 0 Å². The Hall–Kier alpha value is -3.06. The van der Waals surface area contributed by atoms with Crippen LogP contribution in [0.1, 0.15) is 10.5 Å². The Bertz CT molecular complexity index is 878. The van der Waals surface area contributed by atoms with Crippen molar-refractivity contribution in [3.63, 3.8) is 0 Å². The molecule has 0 atom stereocenters. The van der Waals surface area contributed by atoms with Crippen molar-refractivity contribution in [3.05, 3.63) is 66.8 Å². The zero-order chi connectivity index (χ0) is 17.1. The number of nitrogens with zero attached hydrogens (tertiary/aromatic N) is 4. The lowest BCUT2D eigenvalue weighted by molar-refractivity contribution is -0.0760. The van der Waals surface area contributed by atoms with Crippen molar-refractivity contribution in [3.8, 4) is 16.8 Å². The number of hydroxylamine groups is 2. The summed E-state index contributed by atoms with van der Waals surface area (Å²) in [6.07, 6.45) is 4.52. The molecule has 0 radical (unpaired) electrons. The molecule has 7 heteroatoms. The van der Waals surface area contributed by atoms with Crippen LogP contribution >= 0.6 is 0 Å². The van der Waals surface area contributed by atoms with E-state index in [9.17, 15) is 9.18 Å². The van der Waals surface area contributed by atoms with E-state index in [0.717, 1.165) is 10.8 Å². The first-order valence-electron chi connectivity index (χ1n) is 7.17. The second-order valence-electron chi connectivity index (χ2n) is 5.04. The summed E-state index contributed by atoms with van der Waals surface area (Å²) in [5.74, 6) is -0.886. The highest BCUT2D eigenvalue weighted by atomic mass is 19.1. The molecule has 0 bridgehead atoms. The van der Waals surface area contributed by atoms with Gasteiger partial charge < -0.3 is 4.57 Å². The number of aromatic nitrogens is 3. The van der Waals surface area contributed by atoms with Gasteiger partial charge in [-0.3, -0.25) is 9.63 Å². The number of hydrogen-bond acceptors (Lipinski definition) is 4. The summed E-state index contributed by atoms with van der Waals surface area (Å²) in [7, 11) is 2.91. The third-order valence-electron chi connectivity index (χ3n) is 3.58. The van der Waals surface area contributed by atoms with Gasteiger partial charge in [0, 0.05) is 30.7 Å². The van der Waals surface area contributed by atoms with E-state index in [1.807, 2.05) is 6.07 Å². The molecule has 0 saturated carbocycles. The first-order chi connectivity index (χ1) is 11.6. The molecule has 0 aliphatic carbocycles. The summed E-state index contributed by atoms with van der Waals surface area (Å²) in [4.78, 5) is 24.6. The molecule has 0 saturated heterocycles. The summed E-state index contributed by atoms with van der Waals surface area (Å²) in [6, 6.07) is 10.6. The third-order valence-corrected chi connectivity index (χ3v) is 3.58. The average Bonchev–Trinajstić information content (AvgIpc) is 3.11. The fraction of sp³-hybridized carbons (Fsp3) is 0.118. The Kier molecular flexibility index (Phi) is 4.35. The van der Waals surface area contributed by atoms with Gasteiger partial charge in [-0.1, -0.05) is 12.1 Å². The lowest BCUT2D eigenvalue weighted by atomic mass is 10.1. The third kappa shape index (κ3) is 3.02. The summed E-state index contributed by atoms with van der Waals surface area (Å²) in [6.45, 7) is 0. The minimum absolute atomic E-state index is 0.248. The van der Waals surface area contributed by atoms with Gasteiger partial charge in [0.15, 0.2) is 0 Å². The van der Waals surface area contributed by atoms with Gasteiger partial charge in [0.05, 0.1) is 7.11 Å². The van der Waals surface area contributed by atoms with E-state index in [2.05, 4.69) is 9.97 Å². The van der Waals surface area contributed by atoms with Crippen LogP contribution in [0.25, 0.3) is 16.8 Å². The summed E-state index contributed by atoms with van der Waals surface area (Å²) in [5.41, 5.74) is 2.10. The standard InChI is InChI=1S/C17H15FN4O2/c1-21(24-2)17(23)15-10-22(11-20-15)13-6-3-5-12(9-13)14-7-4-8-19-16(14)18/h3-11H,1-2H3. The number of amides is 1. The first kappa shape index (κ1) is 15.8. The van der Waals surface area contributed by atoms with Crippen LogP contribution in [0.2, 0.25) is 0 Å². The van der Waals surface area contributed by atoms with Crippen LogP contribution < -0.4 is 0 Å². The van der Waals surface area contributed by atoms with Crippen LogP contribution in [-0.4, -0.2) is 39.7 Å². The molecule has 0 spiro atoms. The predicted molar refractivity (Wildman–Crippen MR) is 85.9 cm³/mol. The smallest absolute Gasteiger partial charge is 0.297 e. The Morgan fingerprint density at radius 2 is 2.08 bits per heavy atom. The molecular weight excluding hydrogens is 311 g/mol. The Morgan fingerprint density at radius 1 is 1.25 bits per heavy atom. The molecule has 0 unspecified atom stereocenters.